The van der Waals surface area contributed by atoms with E-state index >= 15 is 0 Å². The van der Waals surface area contributed by atoms with Crippen molar-refractivity contribution in [3.05, 3.63) is 95.6 Å². The van der Waals surface area contributed by atoms with E-state index in [1.807, 2.05) is 24.3 Å². The quantitative estimate of drug-likeness (QED) is 0.545. The average molecular weight is 369 g/mol. The summed E-state index contributed by atoms with van der Waals surface area (Å²) in [7, 11) is 0. The maximum atomic E-state index is 12.2. The second kappa shape index (κ2) is 7.40. The molecule has 4 N–H and O–H groups in total. The van der Waals surface area contributed by atoms with E-state index in [4.69, 9.17) is 16.2 Å². The van der Waals surface area contributed by atoms with Gasteiger partial charge in [-0.25, -0.2) is 0 Å². The van der Waals surface area contributed by atoms with E-state index < -0.39 is 5.91 Å². The Morgan fingerprint density at radius 3 is 2.25 bits per heavy atom. The molecular formula is C23H19N3O2. The summed E-state index contributed by atoms with van der Waals surface area (Å²) in [4.78, 5) is 15.8. The van der Waals surface area contributed by atoms with Crippen LogP contribution in [0.25, 0.3) is 16.7 Å². The number of nitrogens with two attached hydrogens (primary N) is 2. The molecule has 0 fully saturated rings. The average Bonchev–Trinajstić information content (AvgIpc) is 2.73. The molecule has 0 saturated carbocycles. The molecule has 1 aliphatic rings. The van der Waals surface area contributed by atoms with Crippen molar-refractivity contribution < 1.29 is 9.53 Å². The molecule has 5 heteroatoms. The van der Waals surface area contributed by atoms with Gasteiger partial charge >= 0.3 is 0 Å². The summed E-state index contributed by atoms with van der Waals surface area (Å²) < 4.78 is 5.71. The number of fused-ring (bicyclic) bond motifs is 1. The van der Waals surface area contributed by atoms with Crippen LogP contribution in [-0.4, -0.2) is 18.5 Å². The van der Waals surface area contributed by atoms with Gasteiger partial charge in [0, 0.05) is 11.1 Å². The lowest BCUT2D eigenvalue weighted by Gasteiger charge is -2.20. The van der Waals surface area contributed by atoms with Crippen LogP contribution >= 0.6 is 0 Å². The molecule has 0 aliphatic carbocycles. The normalized spacial score (nSPS) is 12.4. The molecule has 3 aromatic carbocycles. The van der Waals surface area contributed by atoms with E-state index in [1.54, 1.807) is 18.2 Å². The number of ether oxygens (including phenoxy) is 1. The second-order valence-corrected chi connectivity index (χ2v) is 6.42. The van der Waals surface area contributed by atoms with Crippen molar-refractivity contribution in [2.24, 2.45) is 16.5 Å². The van der Waals surface area contributed by atoms with E-state index in [0.717, 1.165) is 28.0 Å². The number of nitrogens with zero attached hydrogens (tertiary/aromatic N) is 1. The summed E-state index contributed by atoms with van der Waals surface area (Å²) in [6.45, 7) is 0.476. The van der Waals surface area contributed by atoms with E-state index in [2.05, 4.69) is 41.4 Å². The molecule has 1 amide bonds. The minimum atomic E-state index is -0.479. The highest BCUT2D eigenvalue weighted by molar-refractivity contribution is 6.03. The lowest BCUT2D eigenvalue weighted by atomic mass is 9.92. The summed E-state index contributed by atoms with van der Waals surface area (Å²) in [6, 6.07) is 23.8. The Morgan fingerprint density at radius 2 is 1.54 bits per heavy atom. The molecule has 0 radical (unpaired) electrons. The Hall–Kier alpha value is -3.86. The molecule has 28 heavy (non-hydrogen) atoms. The van der Waals surface area contributed by atoms with Crippen molar-refractivity contribution in [1.82, 2.24) is 0 Å². The lowest BCUT2D eigenvalue weighted by molar-refractivity contribution is 0.100. The third-order valence-electron chi connectivity index (χ3n) is 4.58. The van der Waals surface area contributed by atoms with Crippen LogP contribution in [0.2, 0.25) is 0 Å². The van der Waals surface area contributed by atoms with Crippen LogP contribution in [0.4, 0.5) is 0 Å². The molecule has 0 aromatic heterocycles. The molecule has 1 aliphatic heterocycles. The Labute approximate surface area is 163 Å². The third-order valence-corrected chi connectivity index (χ3v) is 4.58. The predicted molar refractivity (Wildman–Crippen MR) is 111 cm³/mol. The fourth-order valence-electron chi connectivity index (χ4n) is 3.25. The van der Waals surface area contributed by atoms with Gasteiger partial charge in [0.1, 0.15) is 12.4 Å². The molecule has 0 unspecified atom stereocenters. The highest BCUT2D eigenvalue weighted by Gasteiger charge is 2.18. The van der Waals surface area contributed by atoms with Gasteiger partial charge in [-0.05, 0) is 46.5 Å². The zero-order valence-corrected chi connectivity index (χ0v) is 15.1. The fourth-order valence-corrected chi connectivity index (χ4v) is 3.25. The van der Waals surface area contributed by atoms with Crippen LogP contribution in [0.15, 0.2) is 83.9 Å². The molecular weight excluding hydrogens is 350 g/mol. The maximum absolute atomic E-state index is 12.2. The van der Waals surface area contributed by atoms with Crippen LogP contribution in [0, 0.1) is 0 Å². The molecule has 0 bridgehead atoms. The van der Waals surface area contributed by atoms with Gasteiger partial charge in [0.2, 0.25) is 0 Å². The summed E-state index contributed by atoms with van der Waals surface area (Å²) in [5.74, 6) is -0.00993. The number of guanidine groups is 1. The molecule has 1 heterocycles. The van der Waals surface area contributed by atoms with Crippen molar-refractivity contribution in [3.63, 3.8) is 0 Å². The zero-order chi connectivity index (χ0) is 19.5. The second-order valence-electron chi connectivity index (χ2n) is 6.42. The molecule has 3 aromatic rings. The number of rotatable bonds is 3. The predicted octanol–water partition coefficient (Wildman–Crippen LogP) is 3.59. The number of amides is 1. The van der Waals surface area contributed by atoms with E-state index in [1.165, 1.54) is 5.56 Å². The first kappa shape index (κ1) is 17.5. The molecule has 0 atom stereocenters. The number of hydrogen-bond donors (Lipinski definition) is 2. The number of carbonyl (C=O) groups excluding carboxylic acids is 1. The maximum Gasteiger partial charge on any atom is 0.280 e. The van der Waals surface area contributed by atoms with E-state index in [-0.39, 0.29) is 5.96 Å². The number of benzene rings is 3. The van der Waals surface area contributed by atoms with Gasteiger partial charge < -0.3 is 16.2 Å². The van der Waals surface area contributed by atoms with Crippen molar-refractivity contribution in [2.75, 3.05) is 6.61 Å². The molecule has 138 valence electrons. The highest BCUT2D eigenvalue weighted by atomic mass is 16.5. The van der Waals surface area contributed by atoms with Crippen molar-refractivity contribution >= 4 is 17.4 Å². The fraction of sp³-hybridized carbons (Fsp3) is 0.0435. The zero-order valence-electron chi connectivity index (χ0n) is 15.1. The van der Waals surface area contributed by atoms with Crippen LogP contribution in [0.3, 0.4) is 0 Å². The molecule has 5 nitrogen and oxygen atoms in total. The van der Waals surface area contributed by atoms with Gasteiger partial charge in [0.15, 0.2) is 5.96 Å². The standard InChI is InChI=1S/C23H19N3O2/c24-23(25)26-22(27)18-10-11-21-20(14-18)19(12-13-28-21)17-8-6-16(7-9-17)15-4-2-1-3-5-15/h1-12,14H,13H2,(H4,24,25,26,27). The smallest absolute Gasteiger partial charge is 0.280 e. The van der Waals surface area contributed by atoms with Crippen LogP contribution in [0.5, 0.6) is 5.75 Å². The SMILES string of the molecule is NC(N)=NC(=O)c1ccc2c(c1)C(c1ccc(-c3ccccc3)cc1)=CCO2. The lowest BCUT2D eigenvalue weighted by Crippen LogP contribution is -2.24. The van der Waals surface area contributed by atoms with Crippen LogP contribution < -0.4 is 16.2 Å². The Bertz CT molecular complexity index is 1080. The third kappa shape index (κ3) is 3.50. The number of hydrogen-bond acceptors (Lipinski definition) is 2. The first-order chi connectivity index (χ1) is 13.6. The molecule has 0 saturated heterocycles. The Kier molecular flexibility index (Phi) is 4.64. The van der Waals surface area contributed by atoms with Crippen molar-refractivity contribution in [1.29, 1.82) is 0 Å². The van der Waals surface area contributed by atoms with Crippen molar-refractivity contribution in [3.8, 4) is 16.9 Å². The minimum absolute atomic E-state index is 0.258. The number of aliphatic imine (C=N–C) groups is 1. The largest absolute Gasteiger partial charge is 0.489 e. The van der Waals surface area contributed by atoms with Gasteiger partial charge in [-0.15, -0.1) is 0 Å². The monoisotopic (exact) mass is 369 g/mol. The summed E-state index contributed by atoms with van der Waals surface area (Å²) in [6.07, 6.45) is 2.01. The molecule has 4 rings (SSSR count). The van der Waals surface area contributed by atoms with Gasteiger partial charge in [0.05, 0.1) is 0 Å². The van der Waals surface area contributed by atoms with Crippen LogP contribution in [-0.2, 0) is 0 Å². The number of carbonyl (C=O) groups is 1. The minimum Gasteiger partial charge on any atom is -0.489 e. The Balaban J connectivity index is 1.69. The summed E-state index contributed by atoms with van der Waals surface area (Å²) in [5.41, 5.74) is 16.3. The molecule has 0 spiro atoms. The van der Waals surface area contributed by atoms with E-state index in [0.29, 0.717) is 12.2 Å². The Morgan fingerprint density at radius 1 is 0.857 bits per heavy atom. The van der Waals surface area contributed by atoms with Crippen molar-refractivity contribution in [2.45, 2.75) is 0 Å². The first-order valence-corrected chi connectivity index (χ1v) is 8.89. The van der Waals surface area contributed by atoms with Gasteiger partial charge in [-0.3, -0.25) is 4.79 Å². The van der Waals surface area contributed by atoms with E-state index in [9.17, 15) is 4.79 Å². The van der Waals surface area contributed by atoms with Crippen LogP contribution in [0.1, 0.15) is 21.5 Å². The van der Waals surface area contributed by atoms with Gasteiger partial charge in [0.25, 0.3) is 5.91 Å². The highest BCUT2D eigenvalue weighted by Crippen LogP contribution is 2.35. The van der Waals surface area contributed by atoms with Gasteiger partial charge in [-0.1, -0.05) is 54.6 Å². The summed E-state index contributed by atoms with van der Waals surface area (Å²) >= 11 is 0. The first-order valence-electron chi connectivity index (χ1n) is 8.89. The topological polar surface area (TPSA) is 90.7 Å². The van der Waals surface area contributed by atoms with Gasteiger partial charge in [-0.2, -0.15) is 4.99 Å². The summed E-state index contributed by atoms with van der Waals surface area (Å²) in [5, 5.41) is 0.